The van der Waals surface area contributed by atoms with Crippen molar-refractivity contribution in [3.63, 3.8) is 0 Å². The van der Waals surface area contributed by atoms with Crippen LogP contribution < -0.4 is 11.1 Å². The first kappa shape index (κ1) is 14.3. The Morgan fingerprint density at radius 1 is 1.45 bits per heavy atom. The summed E-state index contributed by atoms with van der Waals surface area (Å²) in [5.74, 6) is -0.410. The van der Waals surface area contributed by atoms with Crippen molar-refractivity contribution >= 4 is 17.9 Å². The van der Waals surface area contributed by atoms with Crippen LogP contribution in [0.3, 0.4) is 0 Å². The van der Waals surface area contributed by atoms with Crippen molar-refractivity contribution in [1.29, 1.82) is 0 Å². The van der Waals surface area contributed by atoms with Gasteiger partial charge in [-0.25, -0.2) is 0 Å². The highest BCUT2D eigenvalue weighted by Crippen LogP contribution is 2.44. The average Bonchev–Trinajstić information content (AvgIpc) is 2.55. The zero-order valence-electron chi connectivity index (χ0n) is 12.2. The van der Waals surface area contributed by atoms with E-state index in [0.29, 0.717) is 12.0 Å². The topological polar surface area (TPSA) is 85.1 Å². The fourth-order valence-corrected chi connectivity index (χ4v) is 2.96. The largest absolute Gasteiger partial charge is 0.378 e. The Morgan fingerprint density at radius 3 is 2.91 bits per heavy atom. The number of carbonyl (C=O) groups excluding carboxylic acids is 2. The Kier molecular flexibility index (Phi) is 3.41. The molecular weight excluding hydrogens is 278 g/mol. The Bertz CT molecular complexity index is 730. The minimum Gasteiger partial charge on any atom is -0.378 e. The maximum atomic E-state index is 12.1. The van der Waals surface area contributed by atoms with Crippen molar-refractivity contribution in [2.75, 3.05) is 5.32 Å². The molecule has 5 heteroatoms. The first-order chi connectivity index (χ1) is 10.5. The van der Waals surface area contributed by atoms with E-state index in [4.69, 9.17) is 5.73 Å². The Morgan fingerprint density at radius 2 is 2.27 bits per heavy atom. The molecule has 1 aliphatic rings. The third-order valence-corrected chi connectivity index (χ3v) is 4.30. The Balaban J connectivity index is 2.10. The monoisotopic (exact) mass is 294 g/mol. The summed E-state index contributed by atoms with van der Waals surface area (Å²) in [7, 11) is 0. The molecule has 2 heterocycles. The number of carbonyl (C=O) groups is 1. The zero-order chi connectivity index (χ0) is 15.7. The number of hydrogen-bond donors (Lipinski definition) is 2. The van der Waals surface area contributed by atoms with E-state index in [1.165, 1.54) is 0 Å². The lowest BCUT2D eigenvalue weighted by Gasteiger charge is -2.39. The molecule has 0 bridgehead atoms. The molecule has 111 valence electrons. The molecule has 3 N–H and O–H groups in total. The van der Waals surface area contributed by atoms with Crippen LogP contribution in [0.4, 0.5) is 5.69 Å². The smallest absolute Gasteiger partial charge is 0.233 e. The second kappa shape index (κ2) is 5.26. The van der Waals surface area contributed by atoms with Crippen LogP contribution in [0.25, 0.3) is 0 Å². The highest BCUT2D eigenvalue weighted by atomic mass is 16.1. The van der Waals surface area contributed by atoms with Crippen molar-refractivity contribution < 1.29 is 9.59 Å². The van der Waals surface area contributed by atoms with E-state index in [2.05, 4.69) is 10.3 Å². The van der Waals surface area contributed by atoms with Gasteiger partial charge in [0.15, 0.2) is 0 Å². The third kappa shape index (κ3) is 2.24. The van der Waals surface area contributed by atoms with E-state index in [-0.39, 0.29) is 6.04 Å². The molecule has 1 amide bonds. The molecule has 3 rings (SSSR count). The Labute approximate surface area is 128 Å². The quantitative estimate of drug-likeness (QED) is 0.904. The number of nitrogens with two attached hydrogens (primary N) is 1. The van der Waals surface area contributed by atoms with Gasteiger partial charge in [0.05, 0.1) is 11.5 Å². The fraction of sp³-hybridized carbons (Fsp3) is 0.235. The molecule has 1 aromatic heterocycles. The van der Waals surface area contributed by atoms with Crippen LogP contribution in [0.5, 0.6) is 0 Å². The molecule has 2 aromatic rings. The van der Waals surface area contributed by atoms with Crippen molar-refractivity contribution in [2.24, 2.45) is 5.73 Å². The summed E-state index contributed by atoms with van der Waals surface area (Å²) in [6.45, 7) is 1.81. The molecule has 0 aliphatic carbocycles. The molecule has 1 aliphatic heterocycles. The summed E-state index contributed by atoms with van der Waals surface area (Å²) in [4.78, 5) is 27.1. The first-order valence-electron chi connectivity index (χ1n) is 7.03. The van der Waals surface area contributed by atoms with E-state index in [1.54, 1.807) is 30.6 Å². The van der Waals surface area contributed by atoms with Gasteiger partial charge in [-0.3, -0.25) is 14.6 Å². The highest BCUT2D eigenvalue weighted by Gasteiger charge is 2.41. The van der Waals surface area contributed by atoms with Gasteiger partial charge in [0.25, 0.3) is 0 Å². The number of benzene rings is 1. The fourth-order valence-electron chi connectivity index (χ4n) is 2.96. The van der Waals surface area contributed by atoms with Crippen LogP contribution in [0.15, 0.2) is 42.7 Å². The number of nitrogens with one attached hydrogen (secondary N) is 1. The van der Waals surface area contributed by atoms with E-state index in [1.807, 2.05) is 25.3 Å². The number of fused-ring (bicyclic) bond motifs is 1. The molecule has 1 aromatic carbocycles. The molecule has 22 heavy (non-hydrogen) atoms. The van der Waals surface area contributed by atoms with Crippen LogP contribution in [-0.2, 0) is 15.0 Å². The van der Waals surface area contributed by atoms with Crippen molar-refractivity contribution in [3.05, 3.63) is 59.4 Å². The standard InChI is InChI=1S/C17H16N3O2/c1-17(16(18)22)8-15(12-3-2-6-19-9-12)20-14-5-4-11(10-21)7-13(14)17/h2-7,9,15,20H,8H2,1H3,(H2,18,22). The first-order valence-corrected chi connectivity index (χ1v) is 7.03. The van der Waals surface area contributed by atoms with Crippen molar-refractivity contribution in [2.45, 2.75) is 24.8 Å². The number of rotatable bonds is 3. The van der Waals surface area contributed by atoms with Crippen molar-refractivity contribution in [1.82, 2.24) is 4.98 Å². The van der Waals surface area contributed by atoms with Crippen LogP contribution >= 0.6 is 0 Å². The molecule has 0 saturated heterocycles. The van der Waals surface area contributed by atoms with Gasteiger partial charge in [-0.1, -0.05) is 6.07 Å². The predicted octanol–water partition coefficient (Wildman–Crippen LogP) is 1.84. The molecule has 0 fully saturated rings. The van der Waals surface area contributed by atoms with Gasteiger partial charge in [0.1, 0.15) is 0 Å². The summed E-state index contributed by atoms with van der Waals surface area (Å²) < 4.78 is 0. The van der Waals surface area contributed by atoms with E-state index < -0.39 is 11.3 Å². The third-order valence-electron chi connectivity index (χ3n) is 4.30. The summed E-state index contributed by atoms with van der Waals surface area (Å²) in [5, 5.41) is 3.40. The number of nitrogens with zero attached hydrogens (tertiary/aromatic N) is 1. The SMILES string of the molecule is CC1(C(N)=O)CC(c2cccnc2)Nc2ccc([C]=O)cc21. The summed E-state index contributed by atoms with van der Waals surface area (Å²) in [6.07, 6.45) is 5.84. The second-order valence-electron chi connectivity index (χ2n) is 5.75. The average molecular weight is 294 g/mol. The van der Waals surface area contributed by atoms with Crippen LogP contribution in [-0.4, -0.2) is 17.2 Å². The minimum absolute atomic E-state index is 0.0650. The normalized spacial score (nSPS) is 23.2. The zero-order valence-corrected chi connectivity index (χ0v) is 12.2. The molecule has 0 saturated carbocycles. The number of aromatic nitrogens is 1. The van der Waals surface area contributed by atoms with Crippen LogP contribution in [0.1, 0.15) is 36.1 Å². The maximum Gasteiger partial charge on any atom is 0.233 e. The lowest BCUT2D eigenvalue weighted by Crippen LogP contribution is -2.44. The van der Waals surface area contributed by atoms with Gasteiger partial charge in [-0.15, -0.1) is 0 Å². The second-order valence-corrected chi connectivity index (χ2v) is 5.75. The number of anilines is 1. The van der Waals surface area contributed by atoms with Gasteiger partial charge in [0.2, 0.25) is 12.2 Å². The van der Waals surface area contributed by atoms with E-state index >= 15 is 0 Å². The summed E-state index contributed by atoms with van der Waals surface area (Å²) in [5.41, 5.74) is 7.76. The maximum absolute atomic E-state index is 12.1. The van der Waals surface area contributed by atoms with Gasteiger partial charge in [0, 0.05) is 23.6 Å². The summed E-state index contributed by atoms with van der Waals surface area (Å²) >= 11 is 0. The number of pyridine rings is 1. The van der Waals surface area contributed by atoms with Crippen LogP contribution in [0.2, 0.25) is 0 Å². The molecule has 2 atom stereocenters. The van der Waals surface area contributed by atoms with Gasteiger partial charge < -0.3 is 11.1 Å². The highest BCUT2D eigenvalue weighted by molar-refractivity contribution is 5.90. The van der Waals surface area contributed by atoms with Gasteiger partial charge in [-0.2, -0.15) is 0 Å². The van der Waals surface area contributed by atoms with E-state index in [9.17, 15) is 9.59 Å². The molecular formula is C17H16N3O2. The molecule has 1 radical (unpaired) electrons. The number of hydrogen-bond acceptors (Lipinski definition) is 4. The van der Waals surface area contributed by atoms with Crippen LogP contribution in [0, 0.1) is 0 Å². The number of primary amides is 1. The molecule has 0 spiro atoms. The molecule has 2 unspecified atom stereocenters. The lowest BCUT2D eigenvalue weighted by atomic mass is 9.72. The van der Waals surface area contributed by atoms with Crippen molar-refractivity contribution in [3.8, 4) is 0 Å². The lowest BCUT2D eigenvalue weighted by molar-refractivity contribution is -0.123. The predicted molar refractivity (Wildman–Crippen MR) is 83.0 cm³/mol. The minimum atomic E-state index is -0.853. The Hall–Kier alpha value is -2.69. The van der Waals surface area contributed by atoms with Gasteiger partial charge in [-0.05, 0) is 48.7 Å². The van der Waals surface area contributed by atoms with Gasteiger partial charge >= 0.3 is 0 Å². The summed E-state index contributed by atoms with van der Waals surface area (Å²) in [6, 6.07) is 8.90. The number of amides is 1. The molecule has 5 nitrogen and oxygen atoms in total. The van der Waals surface area contributed by atoms with E-state index in [0.717, 1.165) is 16.8 Å².